The summed E-state index contributed by atoms with van der Waals surface area (Å²) in [6, 6.07) is 4.20. The third-order valence-corrected chi connectivity index (χ3v) is 3.96. The normalized spacial score (nSPS) is 14.9. The Labute approximate surface area is 137 Å². The van der Waals surface area contributed by atoms with E-state index in [1.807, 2.05) is 0 Å². The van der Waals surface area contributed by atoms with Crippen LogP contribution in [0.2, 0.25) is 0 Å². The van der Waals surface area contributed by atoms with Gasteiger partial charge in [0.15, 0.2) is 5.96 Å². The molecule has 5 heteroatoms. The van der Waals surface area contributed by atoms with E-state index in [4.69, 9.17) is 0 Å². The summed E-state index contributed by atoms with van der Waals surface area (Å²) in [6.45, 7) is 4.83. The lowest BCUT2D eigenvalue weighted by molar-refractivity contribution is 0.645. The summed E-state index contributed by atoms with van der Waals surface area (Å²) in [5, 5.41) is 8.80. The van der Waals surface area contributed by atoms with Crippen LogP contribution < -0.4 is 10.6 Å². The van der Waals surface area contributed by atoms with E-state index in [0.717, 1.165) is 31.5 Å². The van der Waals surface area contributed by atoms with E-state index in [2.05, 4.69) is 40.1 Å². The molecule has 0 aliphatic heterocycles. The van der Waals surface area contributed by atoms with Crippen molar-refractivity contribution >= 4 is 41.3 Å². The van der Waals surface area contributed by atoms with Crippen LogP contribution in [-0.4, -0.2) is 19.0 Å². The standard InChI is InChI=1S/C14H23N3S.HI/c1-2-15-14(16-9-3-5-12-7-8-12)17-11-13-6-4-10-18-13;/h4,6,10,12H,2-3,5,7-9,11H2,1H3,(H2,15,16,17);1H. The number of guanidine groups is 1. The van der Waals surface area contributed by atoms with Gasteiger partial charge in [-0.2, -0.15) is 0 Å². The van der Waals surface area contributed by atoms with E-state index >= 15 is 0 Å². The highest BCUT2D eigenvalue weighted by Crippen LogP contribution is 2.33. The fraction of sp³-hybridized carbons (Fsp3) is 0.643. The van der Waals surface area contributed by atoms with Crippen molar-refractivity contribution in [2.24, 2.45) is 10.9 Å². The number of thiophene rings is 1. The van der Waals surface area contributed by atoms with Crippen LogP contribution in [0.15, 0.2) is 22.5 Å². The smallest absolute Gasteiger partial charge is 0.191 e. The van der Waals surface area contributed by atoms with Crippen molar-refractivity contribution < 1.29 is 0 Å². The van der Waals surface area contributed by atoms with Gasteiger partial charge in [-0.1, -0.05) is 18.9 Å². The zero-order valence-corrected chi connectivity index (χ0v) is 14.7. The number of aliphatic imine (C=N–C) groups is 1. The van der Waals surface area contributed by atoms with Crippen LogP contribution in [0.4, 0.5) is 0 Å². The maximum atomic E-state index is 4.59. The Balaban J connectivity index is 0.00000180. The van der Waals surface area contributed by atoms with Gasteiger partial charge in [-0.25, -0.2) is 4.99 Å². The fourth-order valence-electron chi connectivity index (χ4n) is 1.91. The predicted octanol–water partition coefficient (Wildman–Crippen LogP) is 3.61. The molecule has 1 aromatic heterocycles. The molecule has 19 heavy (non-hydrogen) atoms. The first-order valence-electron chi connectivity index (χ1n) is 6.93. The molecule has 0 saturated heterocycles. The molecule has 1 saturated carbocycles. The van der Waals surface area contributed by atoms with Gasteiger partial charge in [-0.15, -0.1) is 35.3 Å². The lowest BCUT2D eigenvalue weighted by atomic mass is 10.2. The summed E-state index contributed by atoms with van der Waals surface area (Å²) in [5.74, 6) is 1.97. The average Bonchev–Trinajstić information content (AvgIpc) is 3.05. The lowest BCUT2D eigenvalue weighted by Crippen LogP contribution is -2.37. The number of rotatable bonds is 7. The van der Waals surface area contributed by atoms with E-state index in [9.17, 15) is 0 Å². The van der Waals surface area contributed by atoms with Crippen LogP contribution in [0.25, 0.3) is 0 Å². The number of nitrogens with zero attached hydrogens (tertiary/aromatic N) is 1. The maximum Gasteiger partial charge on any atom is 0.191 e. The van der Waals surface area contributed by atoms with E-state index in [1.165, 1.54) is 30.6 Å². The van der Waals surface area contributed by atoms with Crippen LogP contribution >= 0.6 is 35.3 Å². The molecule has 2 N–H and O–H groups in total. The summed E-state index contributed by atoms with van der Waals surface area (Å²) in [4.78, 5) is 5.90. The van der Waals surface area contributed by atoms with E-state index < -0.39 is 0 Å². The zero-order chi connectivity index (χ0) is 12.6. The van der Waals surface area contributed by atoms with Crippen LogP contribution in [0.5, 0.6) is 0 Å². The molecular weight excluding hydrogens is 369 g/mol. The number of hydrogen-bond acceptors (Lipinski definition) is 2. The molecule has 3 nitrogen and oxygen atoms in total. The highest BCUT2D eigenvalue weighted by molar-refractivity contribution is 14.0. The maximum absolute atomic E-state index is 4.59. The minimum absolute atomic E-state index is 0. The van der Waals surface area contributed by atoms with E-state index in [1.54, 1.807) is 11.3 Å². The molecule has 0 spiro atoms. The van der Waals surface area contributed by atoms with Gasteiger partial charge < -0.3 is 10.6 Å². The Hall–Kier alpha value is -0.300. The Kier molecular flexibility index (Phi) is 8.45. The van der Waals surface area contributed by atoms with Gasteiger partial charge in [0.2, 0.25) is 0 Å². The molecule has 1 fully saturated rings. The van der Waals surface area contributed by atoms with Crippen molar-refractivity contribution in [2.75, 3.05) is 13.1 Å². The summed E-state index contributed by atoms with van der Waals surface area (Å²) in [6.07, 6.45) is 5.53. The molecule has 0 unspecified atom stereocenters. The van der Waals surface area contributed by atoms with Gasteiger partial charge in [-0.3, -0.25) is 0 Å². The van der Waals surface area contributed by atoms with Crippen LogP contribution in [0.1, 0.15) is 37.5 Å². The number of halogens is 1. The highest BCUT2D eigenvalue weighted by Gasteiger charge is 2.19. The molecule has 0 aromatic carbocycles. The molecule has 0 radical (unpaired) electrons. The van der Waals surface area contributed by atoms with Gasteiger partial charge in [-0.05, 0) is 37.1 Å². The summed E-state index contributed by atoms with van der Waals surface area (Å²) in [5.41, 5.74) is 0. The second-order valence-corrected chi connectivity index (χ2v) is 5.82. The zero-order valence-electron chi connectivity index (χ0n) is 11.5. The Morgan fingerprint density at radius 3 is 2.89 bits per heavy atom. The van der Waals surface area contributed by atoms with Gasteiger partial charge in [0, 0.05) is 18.0 Å². The lowest BCUT2D eigenvalue weighted by Gasteiger charge is -2.10. The van der Waals surface area contributed by atoms with Crippen molar-refractivity contribution in [3.8, 4) is 0 Å². The van der Waals surface area contributed by atoms with Crippen molar-refractivity contribution in [1.82, 2.24) is 10.6 Å². The van der Waals surface area contributed by atoms with E-state index in [0.29, 0.717) is 0 Å². The minimum Gasteiger partial charge on any atom is -0.357 e. The largest absolute Gasteiger partial charge is 0.357 e. The quantitative estimate of drug-likeness (QED) is 0.321. The van der Waals surface area contributed by atoms with Crippen molar-refractivity contribution in [3.63, 3.8) is 0 Å². The second-order valence-electron chi connectivity index (χ2n) is 4.79. The molecule has 0 amide bonds. The molecule has 1 aliphatic carbocycles. The molecule has 1 heterocycles. The molecule has 2 rings (SSSR count). The van der Waals surface area contributed by atoms with Gasteiger partial charge in [0.1, 0.15) is 0 Å². The topological polar surface area (TPSA) is 36.4 Å². The van der Waals surface area contributed by atoms with E-state index in [-0.39, 0.29) is 24.0 Å². The SMILES string of the molecule is CCNC(=NCc1cccs1)NCCCC1CC1.I. The Morgan fingerprint density at radius 2 is 2.26 bits per heavy atom. The van der Waals surface area contributed by atoms with Gasteiger partial charge in [0.25, 0.3) is 0 Å². The summed E-state index contributed by atoms with van der Waals surface area (Å²) in [7, 11) is 0. The second kappa shape index (κ2) is 9.58. The third-order valence-electron chi connectivity index (χ3n) is 3.10. The first-order valence-corrected chi connectivity index (χ1v) is 7.81. The van der Waals surface area contributed by atoms with Crippen molar-refractivity contribution in [3.05, 3.63) is 22.4 Å². The molecule has 108 valence electrons. The third kappa shape index (κ3) is 7.15. The monoisotopic (exact) mass is 393 g/mol. The average molecular weight is 393 g/mol. The van der Waals surface area contributed by atoms with Crippen molar-refractivity contribution in [2.45, 2.75) is 39.2 Å². The molecule has 0 atom stereocenters. The van der Waals surface area contributed by atoms with Gasteiger partial charge >= 0.3 is 0 Å². The van der Waals surface area contributed by atoms with Gasteiger partial charge in [0.05, 0.1) is 6.54 Å². The van der Waals surface area contributed by atoms with Crippen LogP contribution in [-0.2, 0) is 6.54 Å². The van der Waals surface area contributed by atoms with Crippen molar-refractivity contribution in [1.29, 1.82) is 0 Å². The number of nitrogens with one attached hydrogen (secondary N) is 2. The van der Waals surface area contributed by atoms with Crippen LogP contribution in [0, 0.1) is 5.92 Å². The summed E-state index contributed by atoms with van der Waals surface area (Å²) < 4.78 is 0. The summed E-state index contributed by atoms with van der Waals surface area (Å²) >= 11 is 1.76. The fourth-order valence-corrected chi connectivity index (χ4v) is 2.53. The Bertz CT molecular complexity index is 361. The first-order chi connectivity index (χ1) is 8.88. The predicted molar refractivity (Wildman–Crippen MR) is 94.5 cm³/mol. The first kappa shape index (κ1) is 16.8. The minimum atomic E-state index is 0. The number of hydrogen-bond donors (Lipinski definition) is 2. The van der Waals surface area contributed by atoms with Crippen LogP contribution in [0.3, 0.4) is 0 Å². The molecule has 1 aliphatic rings. The molecule has 1 aromatic rings. The highest BCUT2D eigenvalue weighted by atomic mass is 127. The Morgan fingerprint density at radius 1 is 1.42 bits per heavy atom. The molecular formula is C14H24IN3S. The molecule has 0 bridgehead atoms.